The quantitative estimate of drug-likeness (QED) is 0.106. The third-order valence-corrected chi connectivity index (χ3v) is 5.31. The van der Waals surface area contributed by atoms with Crippen LogP contribution in [0.15, 0.2) is 0 Å². The van der Waals surface area contributed by atoms with E-state index in [4.69, 9.17) is 22.3 Å². The molecule has 5 atom stereocenters. The van der Waals surface area contributed by atoms with Gasteiger partial charge in [-0.2, -0.15) is 12.6 Å². The SMILES string of the molecule is CCC(C)C(NC(=O)C(N)CCC(N)=O)C(=O)NC(CCC(N)=O)C(=O)NC(CS)C(=O)O. The summed E-state index contributed by atoms with van der Waals surface area (Å²) in [6.45, 7) is 3.48. The molecule has 13 nitrogen and oxygen atoms in total. The predicted molar refractivity (Wildman–Crippen MR) is 122 cm³/mol. The van der Waals surface area contributed by atoms with Crippen LogP contribution in [-0.2, 0) is 28.8 Å². The highest BCUT2D eigenvalue weighted by Crippen LogP contribution is 2.10. The van der Waals surface area contributed by atoms with Crippen molar-refractivity contribution in [3.63, 3.8) is 0 Å². The van der Waals surface area contributed by atoms with E-state index in [2.05, 4.69) is 28.6 Å². The van der Waals surface area contributed by atoms with E-state index in [1.807, 2.05) is 0 Å². The zero-order valence-electron chi connectivity index (χ0n) is 18.7. The van der Waals surface area contributed by atoms with Crippen molar-refractivity contribution in [1.82, 2.24) is 16.0 Å². The molecule has 188 valence electrons. The Hall–Kier alpha value is -2.87. The minimum Gasteiger partial charge on any atom is -0.480 e. The molecule has 0 fully saturated rings. The summed E-state index contributed by atoms with van der Waals surface area (Å²) in [6.07, 6.45) is -0.0891. The summed E-state index contributed by atoms with van der Waals surface area (Å²) in [7, 11) is 0. The van der Waals surface area contributed by atoms with Crippen molar-refractivity contribution in [3.05, 3.63) is 0 Å². The molecule has 0 aromatic rings. The first kappa shape index (κ1) is 30.1. The summed E-state index contributed by atoms with van der Waals surface area (Å²) in [5.41, 5.74) is 15.9. The first-order valence-electron chi connectivity index (χ1n) is 10.4. The summed E-state index contributed by atoms with van der Waals surface area (Å²) >= 11 is 3.87. The number of nitrogens with two attached hydrogens (primary N) is 3. The molecule has 0 spiro atoms. The molecule has 33 heavy (non-hydrogen) atoms. The highest BCUT2D eigenvalue weighted by atomic mass is 32.1. The van der Waals surface area contributed by atoms with E-state index in [0.29, 0.717) is 6.42 Å². The predicted octanol–water partition coefficient (Wildman–Crippen LogP) is -2.64. The van der Waals surface area contributed by atoms with Crippen LogP contribution in [0.1, 0.15) is 46.0 Å². The van der Waals surface area contributed by atoms with E-state index in [-0.39, 0.29) is 37.4 Å². The Balaban J connectivity index is 5.50. The van der Waals surface area contributed by atoms with Crippen LogP contribution in [0.4, 0.5) is 0 Å². The molecule has 10 N–H and O–H groups in total. The van der Waals surface area contributed by atoms with Gasteiger partial charge >= 0.3 is 5.97 Å². The second kappa shape index (κ2) is 15.1. The molecule has 0 heterocycles. The number of hydrogen-bond acceptors (Lipinski definition) is 8. The van der Waals surface area contributed by atoms with Gasteiger partial charge in [-0.3, -0.25) is 24.0 Å². The van der Waals surface area contributed by atoms with Gasteiger partial charge in [0.15, 0.2) is 0 Å². The maximum atomic E-state index is 12.9. The lowest BCUT2D eigenvalue weighted by Gasteiger charge is -2.27. The van der Waals surface area contributed by atoms with Gasteiger partial charge in [-0.15, -0.1) is 0 Å². The molecule has 0 aromatic heterocycles. The molecular weight excluding hydrogens is 456 g/mol. The molecule has 0 aliphatic carbocycles. The van der Waals surface area contributed by atoms with Crippen LogP contribution < -0.4 is 33.2 Å². The minimum atomic E-state index is -1.33. The van der Waals surface area contributed by atoms with Gasteiger partial charge in [-0.25, -0.2) is 4.79 Å². The minimum absolute atomic E-state index is 0.0139. The number of carboxylic acid groups (broad SMARTS) is 1. The number of rotatable bonds is 16. The van der Waals surface area contributed by atoms with Crippen LogP contribution in [-0.4, -0.2) is 70.5 Å². The monoisotopic (exact) mass is 490 g/mol. The van der Waals surface area contributed by atoms with Gasteiger partial charge in [0.05, 0.1) is 6.04 Å². The van der Waals surface area contributed by atoms with E-state index in [9.17, 15) is 28.8 Å². The highest BCUT2D eigenvalue weighted by molar-refractivity contribution is 7.80. The Morgan fingerprint density at radius 1 is 0.848 bits per heavy atom. The van der Waals surface area contributed by atoms with Gasteiger partial charge in [0, 0.05) is 18.6 Å². The van der Waals surface area contributed by atoms with E-state index in [1.165, 1.54) is 0 Å². The van der Waals surface area contributed by atoms with Gasteiger partial charge in [0.1, 0.15) is 18.1 Å². The number of thiol groups is 1. The van der Waals surface area contributed by atoms with Crippen LogP contribution in [0, 0.1) is 5.92 Å². The first-order chi connectivity index (χ1) is 15.3. The molecule has 0 radical (unpaired) electrons. The lowest BCUT2D eigenvalue weighted by molar-refractivity contribution is -0.141. The third kappa shape index (κ3) is 11.5. The van der Waals surface area contributed by atoms with Crippen LogP contribution in [0.25, 0.3) is 0 Å². The van der Waals surface area contributed by atoms with Crippen molar-refractivity contribution < 1.29 is 33.9 Å². The molecule has 0 saturated heterocycles. The van der Waals surface area contributed by atoms with Crippen molar-refractivity contribution in [2.24, 2.45) is 23.1 Å². The van der Waals surface area contributed by atoms with Crippen LogP contribution >= 0.6 is 12.6 Å². The summed E-state index contributed by atoms with van der Waals surface area (Å²) in [6, 6.07) is -4.79. The van der Waals surface area contributed by atoms with Crippen molar-refractivity contribution >= 4 is 48.1 Å². The first-order valence-corrected chi connectivity index (χ1v) is 11.0. The molecule has 14 heteroatoms. The average molecular weight is 491 g/mol. The number of aliphatic carboxylic acids is 1. The van der Waals surface area contributed by atoms with E-state index in [1.54, 1.807) is 13.8 Å². The van der Waals surface area contributed by atoms with Crippen molar-refractivity contribution in [2.45, 2.75) is 70.1 Å². The summed E-state index contributed by atoms with van der Waals surface area (Å²) in [5.74, 6) is -5.52. The third-order valence-electron chi connectivity index (χ3n) is 4.94. The molecule has 0 aliphatic rings. The smallest absolute Gasteiger partial charge is 0.327 e. The average Bonchev–Trinajstić information content (AvgIpc) is 2.75. The second-order valence-electron chi connectivity index (χ2n) is 7.63. The molecule has 0 aliphatic heterocycles. The fraction of sp³-hybridized carbons (Fsp3) is 0.684. The molecule has 0 aromatic carbocycles. The number of hydrogen-bond donors (Lipinski definition) is 8. The van der Waals surface area contributed by atoms with E-state index >= 15 is 0 Å². The Morgan fingerprint density at radius 2 is 1.36 bits per heavy atom. The van der Waals surface area contributed by atoms with Crippen molar-refractivity contribution in [1.29, 1.82) is 0 Å². The van der Waals surface area contributed by atoms with Gasteiger partial charge in [-0.05, 0) is 18.8 Å². The fourth-order valence-electron chi connectivity index (χ4n) is 2.67. The van der Waals surface area contributed by atoms with Crippen molar-refractivity contribution in [3.8, 4) is 0 Å². The summed E-state index contributed by atoms with van der Waals surface area (Å²) in [5, 5.41) is 16.3. The summed E-state index contributed by atoms with van der Waals surface area (Å²) in [4.78, 5) is 71.2. The number of nitrogens with one attached hydrogen (secondary N) is 3. The fourth-order valence-corrected chi connectivity index (χ4v) is 2.91. The van der Waals surface area contributed by atoms with Gasteiger partial charge < -0.3 is 38.3 Å². The number of amides is 5. The van der Waals surface area contributed by atoms with Crippen molar-refractivity contribution in [2.75, 3.05) is 5.75 Å². The second-order valence-corrected chi connectivity index (χ2v) is 8.00. The lowest BCUT2D eigenvalue weighted by Crippen LogP contribution is -2.58. The molecule has 5 unspecified atom stereocenters. The number of carboxylic acids is 1. The van der Waals surface area contributed by atoms with E-state index in [0.717, 1.165) is 0 Å². The molecule has 5 amide bonds. The topological polar surface area (TPSA) is 237 Å². The van der Waals surface area contributed by atoms with Gasteiger partial charge in [0.25, 0.3) is 0 Å². The Kier molecular flexibility index (Phi) is 13.7. The molecular formula is C19H34N6O7S. The zero-order chi connectivity index (χ0) is 25.7. The van der Waals surface area contributed by atoms with Gasteiger partial charge in [-0.1, -0.05) is 20.3 Å². The van der Waals surface area contributed by atoms with Gasteiger partial charge in [0.2, 0.25) is 29.5 Å². The maximum absolute atomic E-state index is 12.9. The zero-order valence-corrected chi connectivity index (χ0v) is 19.6. The Morgan fingerprint density at radius 3 is 1.82 bits per heavy atom. The van der Waals surface area contributed by atoms with Crippen LogP contribution in [0.2, 0.25) is 0 Å². The van der Waals surface area contributed by atoms with E-state index < -0.39 is 59.7 Å². The lowest BCUT2D eigenvalue weighted by atomic mass is 9.96. The molecule has 0 saturated carbocycles. The maximum Gasteiger partial charge on any atom is 0.327 e. The Labute approximate surface area is 197 Å². The molecule has 0 rings (SSSR count). The number of primary amides is 2. The Bertz CT molecular complexity index is 735. The normalized spacial score (nSPS) is 15.3. The summed E-state index contributed by atoms with van der Waals surface area (Å²) < 4.78 is 0. The number of carbonyl (C=O) groups is 6. The highest BCUT2D eigenvalue weighted by Gasteiger charge is 2.32. The number of carbonyl (C=O) groups excluding carboxylic acids is 5. The standard InChI is InChI=1S/C19H34N6O7S/c1-3-9(2)15(25-16(28)10(20)4-6-13(21)26)18(30)23-11(5-7-14(22)27)17(29)24-12(8-33)19(31)32/h9-12,15,33H,3-8,20H2,1-2H3,(H2,21,26)(H2,22,27)(H,23,30)(H,24,29)(H,25,28)(H,31,32). The molecule has 0 bridgehead atoms. The van der Waals surface area contributed by atoms with Crippen LogP contribution in [0.5, 0.6) is 0 Å². The van der Waals surface area contributed by atoms with Crippen LogP contribution in [0.3, 0.4) is 0 Å². The largest absolute Gasteiger partial charge is 0.480 e.